The van der Waals surface area contributed by atoms with E-state index in [9.17, 15) is 17.6 Å². The van der Waals surface area contributed by atoms with Crippen molar-refractivity contribution in [1.82, 2.24) is 0 Å². The molecule has 0 atom stereocenters. The van der Waals surface area contributed by atoms with Gasteiger partial charge in [-0.1, -0.05) is 54.1 Å². The van der Waals surface area contributed by atoms with Crippen LogP contribution >= 0.6 is 0 Å². The smallest absolute Gasteiger partial charge is 0.264 e. The second-order valence-corrected chi connectivity index (χ2v) is 10.5. The summed E-state index contributed by atoms with van der Waals surface area (Å²) >= 11 is 0. The predicted octanol–water partition coefficient (Wildman–Crippen LogP) is 5.86. The molecule has 1 amide bonds. The van der Waals surface area contributed by atoms with Crippen molar-refractivity contribution in [3.8, 4) is 5.75 Å². The second kappa shape index (κ2) is 11.3. The number of nitrogens with one attached hydrogen (secondary N) is 1. The molecule has 0 aliphatic rings. The lowest BCUT2D eigenvalue weighted by molar-refractivity contribution is -0.118. The summed E-state index contributed by atoms with van der Waals surface area (Å²) in [5.41, 5.74) is 3.36. The summed E-state index contributed by atoms with van der Waals surface area (Å²) in [5, 5.41) is 2.63. The molecule has 8 heteroatoms. The Hall–Kier alpha value is -4.17. The minimum Gasteiger partial charge on any atom is -0.484 e. The molecule has 0 aromatic heterocycles. The molecule has 4 aromatic rings. The standard InChI is InChI=1S/C29H27FN2O4S/c1-21-8-16-27(17-9-21)37(34,35)32(19-23-6-4-3-5-7-23)25-12-14-26(15-13-25)36-20-29(33)31-28-18-24(30)11-10-22(28)2/h3-18H,19-20H2,1-2H3,(H,31,33). The summed E-state index contributed by atoms with van der Waals surface area (Å²) in [5.74, 6) is -0.495. The van der Waals surface area contributed by atoms with Crippen LogP contribution in [0.25, 0.3) is 0 Å². The number of amides is 1. The first-order chi connectivity index (χ1) is 17.7. The lowest BCUT2D eigenvalue weighted by Gasteiger charge is -2.25. The highest BCUT2D eigenvalue weighted by Crippen LogP contribution is 2.28. The first-order valence-corrected chi connectivity index (χ1v) is 13.1. The molecular weight excluding hydrogens is 491 g/mol. The maximum absolute atomic E-state index is 13.6. The summed E-state index contributed by atoms with van der Waals surface area (Å²) < 4.78 is 47.6. The summed E-state index contributed by atoms with van der Waals surface area (Å²) in [6, 6.07) is 26.7. The van der Waals surface area contributed by atoms with Gasteiger partial charge < -0.3 is 10.1 Å². The molecule has 0 saturated heterocycles. The minimum atomic E-state index is -3.85. The molecule has 190 valence electrons. The molecule has 0 saturated carbocycles. The largest absolute Gasteiger partial charge is 0.484 e. The fraction of sp³-hybridized carbons (Fsp3) is 0.138. The summed E-state index contributed by atoms with van der Waals surface area (Å²) in [7, 11) is -3.85. The number of benzene rings is 4. The number of hydrogen-bond donors (Lipinski definition) is 1. The normalized spacial score (nSPS) is 11.1. The van der Waals surface area contributed by atoms with E-state index in [1.54, 1.807) is 61.5 Å². The van der Waals surface area contributed by atoms with Crippen molar-refractivity contribution in [3.63, 3.8) is 0 Å². The Morgan fingerprint density at radius 2 is 1.57 bits per heavy atom. The number of anilines is 2. The number of halogens is 1. The van der Waals surface area contributed by atoms with Crippen LogP contribution in [-0.2, 0) is 21.4 Å². The number of aryl methyl sites for hydroxylation is 2. The van der Waals surface area contributed by atoms with E-state index in [0.29, 0.717) is 17.1 Å². The van der Waals surface area contributed by atoms with Gasteiger partial charge in [0.1, 0.15) is 11.6 Å². The highest BCUT2D eigenvalue weighted by Gasteiger charge is 2.25. The number of hydrogen-bond acceptors (Lipinski definition) is 4. The lowest BCUT2D eigenvalue weighted by atomic mass is 10.2. The second-order valence-electron chi connectivity index (χ2n) is 8.60. The Morgan fingerprint density at radius 3 is 2.24 bits per heavy atom. The number of ether oxygens (including phenoxy) is 1. The zero-order chi connectivity index (χ0) is 26.4. The molecule has 37 heavy (non-hydrogen) atoms. The van der Waals surface area contributed by atoms with Gasteiger partial charge in [0.2, 0.25) is 0 Å². The van der Waals surface area contributed by atoms with Crippen molar-refractivity contribution < 1.29 is 22.3 Å². The van der Waals surface area contributed by atoms with Crippen LogP contribution in [0.15, 0.2) is 102 Å². The van der Waals surface area contributed by atoms with E-state index in [2.05, 4.69) is 5.32 Å². The first-order valence-electron chi connectivity index (χ1n) is 11.6. The molecule has 0 unspecified atom stereocenters. The van der Waals surface area contributed by atoms with Gasteiger partial charge in [0, 0.05) is 5.69 Å². The molecule has 6 nitrogen and oxygen atoms in total. The maximum atomic E-state index is 13.6. The number of sulfonamides is 1. The van der Waals surface area contributed by atoms with Gasteiger partial charge in [0.15, 0.2) is 6.61 Å². The Kier molecular flexibility index (Phi) is 7.89. The van der Waals surface area contributed by atoms with Crippen molar-refractivity contribution in [1.29, 1.82) is 0 Å². The van der Waals surface area contributed by atoms with Gasteiger partial charge >= 0.3 is 0 Å². The van der Waals surface area contributed by atoms with Crippen LogP contribution in [0, 0.1) is 19.7 Å². The van der Waals surface area contributed by atoms with Crippen LogP contribution in [0.3, 0.4) is 0 Å². The fourth-order valence-corrected chi connectivity index (χ4v) is 5.13. The quantitative estimate of drug-likeness (QED) is 0.301. The van der Waals surface area contributed by atoms with E-state index >= 15 is 0 Å². The summed E-state index contributed by atoms with van der Waals surface area (Å²) in [6.07, 6.45) is 0. The van der Waals surface area contributed by atoms with Gasteiger partial charge in [-0.3, -0.25) is 9.10 Å². The molecule has 0 bridgehead atoms. The number of carbonyl (C=O) groups is 1. The van der Waals surface area contributed by atoms with E-state index in [-0.39, 0.29) is 18.0 Å². The van der Waals surface area contributed by atoms with Crippen molar-refractivity contribution in [2.24, 2.45) is 0 Å². The predicted molar refractivity (Wildman–Crippen MR) is 143 cm³/mol. The lowest BCUT2D eigenvalue weighted by Crippen LogP contribution is -2.30. The maximum Gasteiger partial charge on any atom is 0.264 e. The van der Waals surface area contributed by atoms with Crippen molar-refractivity contribution >= 4 is 27.3 Å². The molecular formula is C29H27FN2O4S. The van der Waals surface area contributed by atoms with Gasteiger partial charge in [0.25, 0.3) is 15.9 Å². The SMILES string of the molecule is Cc1ccc(S(=O)(=O)N(Cc2ccccc2)c2ccc(OCC(=O)Nc3cc(F)ccc3C)cc2)cc1. The Balaban J connectivity index is 1.51. The molecule has 0 heterocycles. The molecule has 0 spiro atoms. The monoisotopic (exact) mass is 518 g/mol. The van der Waals surface area contributed by atoms with Crippen LogP contribution in [0.2, 0.25) is 0 Å². The topological polar surface area (TPSA) is 75.7 Å². The molecule has 4 aromatic carbocycles. The summed E-state index contributed by atoms with van der Waals surface area (Å²) in [6.45, 7) is 3.52. The Labute approximate surface area is 216 Å². The van der Waals surface area contributed by atoms with Crippen LogP contribution in [0.4, 0.5) is 15.8 Å². The Morgan fingerprint density at radius 1 is 0.892 bits per heavy atom. The highest BCUT2D eigenvalue weighted by atomic mass is 32.2. The van der Waals surface area contributed by atoms with Crippen LogP contribution in [0.1, 0.15) is 16.7 Å². The van der Waals surface area contributed by atoms with Gasteiger partial charge in [-0.2, -0.15) is 0 Å². The van der Waals surface area contributed by atoms with E-state index in [1.807, 2.05) is 37.3 Å². The van der Waals surface area contributed by atoms with Gasteiger partial charge in [0.05, 0.1) is 17.1 Å². The van der Waals surface area contributed by atoms with Crippen LogP contribution < -0.4 is 14.4 Å². The highest BCUT2D eigenvalue weighted by molar-refractivity contribution is 7.92. The van der Waals surface area contributed by atoms with Crippen molar-refractivity contribution in [2.75, 3.05) is 16.2 Å². The number of nitrogens with zero attached hydrogens (tertiary/aromatic N) is 1. The van der Waals surface area contributed by atoms with Gasteiger partial charge in [-0.15, -0.1) is 0 Å². The molecule has 0 aliphatic carbocycles. The van der Waals surface area contributed by atoms with Gasteiger partial charge in [-0.05, 0) is 73.5 Å². The first kappa shape index (κ1) is 25.9. The Bertz CT molecular complexity index is 1470. The zero-order valence-electron chi connectivity index (χ0n) is 20.5. The molecule has 0 fully saturated rings. The molecule has 0 radical (unpaired) electrons. The summed E-state index contributed by atoms with van der Waals surface area (Å²) in [4.78, 5) is 12.5. The molecule has 0 aliphatic heterocycles. The van der Waals surface area contributed by atoms with Crippen LogP contribution in [0.5, 0.6) is 5.75 Å². The molecule has 4 rings (SSSR count). The average Bonchev–Trinajstić information content (AvgIpc) is 2.89. The average molecular weight is 519 g/mol. The van der Waals surface area contributed by atoms with Crippen LogP contribution in [-0.4, -0.2) is 20.9 Å². The number of rotatable bonds is 9. The molecule has 1 N–H and O–H groups in total. The number of carbonyl (C=O) groups excluding carboxylic acids is 1. The third-order valence-electron chi connectivity index (χ3n) is 5.75. The zero-order valence-corrected chi connectivity index (χ0v) is 21.3. The minimum absolute atomic E-state index is 0.145. The van der Waals surface area contributed by atoms with E-state index in [0.717, 1.165) is 16.7 Å². The van der Waals surface area contributed by atoms with Gasteiger partial charge in [-0.25, -0.2) is 12.8 Å². The van der Waals surface area contributed by atoms with E-state index < -0.39 is 21.7 Å². The van der Waals surface area contributed by atoms with Crippen molar-refractivity contribution in [2.45, 2.75) is 25.3 Å². The fourth-order valence-electron chi connectivity index (χ4n) is 3.67. The third kappa shape index (κ3) is 6.54. The van der Waals surface area contributed by atoms with Crippen molar-refractivity contribution in [3.05, 3.63) is 120 Å². The van der Waals surface area contributed by atoms with E-state index in [4.69, 9.17) is 4.74 Å². The third-order valence-corrected chi connectivity index (χ3v) is 7.53. The van der Waals surface area contributed by atoms with E-state index in [1.165, 1.54) is 16.4 Å².